The van der Waals surface area contributed by atoms with Gasteiger partial charge < -0.3 is 10.1 Å². The number of hydrogen-bond donors (Lipinski definition) is 1. The highest BCUT2D eigenvalue weighted by Crippen LogP contribution is 2.28. The molecule has 1 fully saturated rings. The number of nitrogens with one attached hydrogen (secondary N) is 1. The van der Waals surface area contributed by atoms with Gasteiger partial charge in [0.2, 0.25) is 15.9 Å². The van der Waals surface area contributed by atoms with Crippen LogP contribution in [0.1, 0.15) is 23.2 Å². The number of benzene rings is 1. The number of ether oxygens (including phenoxy) is 1. The van der Waals surface area contributed by atoms with E-state index in [0.29, 0.717) is 17.8 Å². The fourth-order valence-electron chi connectivity index (χ4n) is 3.02. The van der Waals surface area contributed by atoms with Crippen molar-refractivity contribution in [2.75, 3.05) is 25.5 Å². The molecular formula is C18H19FN2O5S2. The highest BCUT2D eigenvalue weighted by atomic mass is 32.2. The number of sulfonamides is 1. The molecule has 2 aromatic rings. The molecule has 0 radical (unpaired) electrons. The van der Waals surface area contributed by atoms with Crippen molar-refractivity contribution in [3.63, 3.8) is 0 Å². The number of methoxy groups -OCH3 is 1. The summed E-state index contributed by atoms with van der Waals surface area (Å²) in [6.45, 7) is 0.306. The van der Waals surface area contributed by atoms with Gasteiger partial charge in [-0.1, -0.05) is 0 Å². The van der Waals surface area contributed by atoms with E-state index in [0.717, 1.165) is 12.1 Å². The van der Waals surface area contributed by atoms with Gasteiger partial charge in [-0.25, -0.2) is 17.6 Å². The van der Waals surface area contributed by atoms with Gasteiger partial charge in [0.25, 0.3) is 0 Å². The van der Waals surface area contributed by atoms with E-state index in [4.69, 9.17) is 0 Å². The van der Waals surface area contributed by atoms with Gasteiger partial charge >= 0.3 is 5.97 Å². The van der Waals surface area contributed by atoms with Gasteiger partial charge in [0.15, 0.2) is 0 Å². The molecule has 1 atom stereocenters. The van der Waals surface area contributed by atoms with Gasteiger partial charge in [-0.15, -0.1) is 11.3 Å². The molecule has 150 valence electrons. The smallest absolute Gasteiger partial charge is 0.340 e. The zero-order valence-corrected chi connectivity index (χ0v) is 16.7. The summed E-state index contributed by atoms with van der Waals surface area (Å²) in [6, 6.07) is 6.15. The highest BCUT2D eigenvalue weighted by Gasteiger charge is 2.33. The SMILES string of the molecule is COC(=O)c1ccsc1NC(=O)C1CCCN(S(=O)(=O)c2ccc(F)cc2)C1. The third kappa shape index (κ3) is 4.23. The quantitative estimate of drug-likeness (QED) is 0.742. The molecule has 2 heterocycles. The van der Waals surface area contributed by atoms with Crippen molar-refractivity contribution >= 4 is 38.2 Å². The Hall–Kier alpha value is -2.30. The topological polar surface area (TPSA) is 92.8 Å². The Morgan fingerprint density at radius 1 is 1.25 bits per heavy atom. The number of carbonyl (C=O) groups is 2. The van der Waals surface area contributed by atoms with Crippen molar-refractivity contribution in [3.05, 3.63) is 47.1 Å². The molecule has 3 rings (SSSR count). The molecule has 1 aromatic heterocycles. The first-order valence-electron chi connectivity index (χ1n) is 8.55. The van der Waals surface area contributed by atoms with E-state index in [2.05, 4.69) is 10.1 Å². The first kappa shape index (κ1) is 20.4. The number of rotatable bonds is 5. The molecule has 0 bridgehead atoms. The number of halogens is 1. The van der Waals surface area contributed by atoms with Crippen molar-refractivity contribution in [1.29, 1.82) is 0 Å². The summed E-state index contributed by atoms with van der Waals surface area (Å²) in [5.74, 6) is -1.99. The maximum Gasteiger partial charge on any atom is 0.340 e. The van der Waals surface area contributed by atoms with Crippen LogP contribution in [0.25, 0.3) is 0 Å². The summed E-state index contributed by atoms with van der Waals surface area (Å²) in [4.78, 5) is 24.4. The zero-order valence-electron chi connectivity index (χ0n) is 15.1. The van der Waals surface area contributed by atoms with Crippen molar-refractivity contribution in [2.45, 2.75) is 17.7 Å². The minimum atomic E-state index is -3.82. The van der Waals surface area contributed by atoms with Gasteiger partial charge in [-0.05, 0) is 48.6 Å². The van der Waals surface area contributed by atoms with Crippen LogP contribution >= 0.6 is 11.3 Å². The molecule has 1 amide bonds. The summed E-state index contributed by atoms with van der Waals surface area (Å²) >= 11 is 1.19. The van der Waals surface area contributed by atoms with Crippen molar-refractivity contribution in [3.8, 4) is 0 Å². The number of piperidine rings is 1. The summed E-state index contributed by atoms with van der Waals surface area (Å²) in [7, 11) is -2.56. The Labute approximate surface area is 166 Å². The van der Waals surface area contributed by atoms with Crippen LogP contribution in [0.2, 0.25) is 0 Å². The normalized spacial score (nSPS) is 17.9. The molecule has 1 aliphatic rings. The van der Waals surface area contributed by atoms with Gasteiger partial charge in [0.1, 0.15) is 10.8 Å². The lowest BCUT2D eigenvalue weighted by Gasteiger charge is -2.31. The molecule has 1 aliphatic heterocycles. The van der Waals surface area contributed by atoms with Crippen LogP contribution in [0.5, 0.6) is 0 Å². The third-order valence-electron chi connectivity index (χ3n) is 4.51. The van der Waals surface area contributed by atoms with Crippen LogP contribution in [0, 0.1) is 11.7 Å². The molecule has 28 heavy (non-hydrogen) atoms. The third-order valence-corrected chi connectivity index (χ3v) is 7.22. The second-order valence-corrected chi connectivity index (χ2v) is 9.15. The van der Waals surface area contributed by atoms with Crippen LogP contribution in [0.4, 0.5) is 9.39 Å². The number of nitrogens with zero attached hydrogens (tertiary/aromatic N) is 1. The van der Waals surface area contributed by atoms with Crippen LogP contribution in [-0.4, -0.2) is 44.8 Å². The Balaban J connectivity index is 1.72. The molecular weight excluding hydrogens is 407 g/mol. The van der Waals surface area contributed by atoms with Crippen molar-refractivity contribution < 1.29 is 27.1 Å². The van der Waals surface area contributed by atoms with E-state index in [1.165, 1.54) is 34.9 Å². The second-order valence-electron chi connectivity index (χ2n) is 6.30. The summed E-state index contributed by atoms with van der Waals surface area (Å²) in [5.41, 5.74) is 0.257. The van der Waals surface area contributed by atoms with E-state index in [1.807, 2.05) is 0 Å². The summed E-state index contributed by atoms with van der Waals surface area (Å²) in [5, 5.41) is 4.73. The van der Waals surface area contributed by atoms with Gasteiger partial charge in [-0.3, -0.25) is 4.79 Å². The lowest BCUT2D eigenvalue weighted by molar-refractivity contribution is -0.120. The van der Waals surface area contributed by atoms with Gasteiger partial charge in [-0.2, -0.15) is 4.31 Å². The van der Waals surface area contributed by atoms with Crippen molar-refractivity contribution in [2.24, 2.45) is 5.92 Å². The molecule has 0 saturated carbocycles. The molecule has 10 heteroatoms. The lowest BCUT2D eigenvalue weighted by atomic mass is 9.99. The number of esters is 1. The van der Waals surface area contributed by atoms with E-state index in [-0.39, 0.29) is 29.5 Å². The number of amides is 1. The lowest BCUT2D eigenvalue weighted by Crippen LogP contribution is -2.43. The first-order chi connectivity index (χ1) is 13.3. The maximum absolute atomic E-state index is 13.1. The predicted octanol–water partition coefficient (Wildman–Crippen LogP) is 2.71. The van der Waals surface area contributed by atoms with Crippen LogP contribution in [-0.2, 0) is 19.6 Å². The molecule has 0 aliphatic carbocycles. The Bertz CT molecular complexity index is 972. The standard InChI is InChI=1S/C18H19FN2O5S2/c1-26-18(23)15-8-10-27-17(15)20-16(22)12-3-2-9-21(11-12)28(24,25)14-6-4-13(19)5-7-14/h4-8,10,12H,2-3,9,11H2,1H3,(H,20,22). The number of thiophene rings is 1. The fourth-order valence-corrected chi connectivity index (χ4v) is 5.32. The molecule has 1 aromatic carbocycles. The van der Waals surface area contributed by atoms with E-state index in [9.17, 15) is 22.4 Å². The molecule has 1 saturated heterocycles. The Morgan fingerprint density at radius 3 is 2.64 bits per heavy atom. The molecule has 7 nitrogen and oxygen atoms in total. The minimum Gasteiger partial charge on any atom is -0.465 e. The zero-order chi connectivity index (χ0) is 20.3. The molecule has 0 spiro atoms. The Kier molecular flexibility index (Phi) is 6.11. The molecule has 1 N–H and O–H groups in total. The van der Waals surface area contributed by atoms with E-state index in [1.54, 1.807) is 11.4 Å². The number of anilines is 1. The predicted molar refractivity (Wildman–Crippen MR) is 102 cm³/mol. The summed E-state index contributed by atoms with van der Waals surface area (Å²) < 4.78 is 44.6. The minimum absolute atomic E-state index is 0.0128. The number of carbonyl (C=O) groups excluding carboxylic acids is 2. The summed E-state index contributed by atoms with van der Waals surface area (Å²) in [6.07, 6.45) is 1.05. The number of hydrogen-bond acceptors (Lipinski definition) is 6. The average Bonchev–Trinajstić information content (AvgIpc) is 3.16. The maximum atomic E-state index is 13.1. The Morgan fingerprint density at radius 2 is 1.96 bits per heavy atom. The van der Waals surface area contributed by atoms with Crippen LogP contribution in [0.3, 0.4) is 0 Å². The van der Waals surface area contributed by atoms with Crippen molar-refractivity contribution in [1.82, 2.24) is 4.31 Å². The van der Waals surface area contributed by atoms with Crippen LogP contribution < -0.4 is 5.32 Å². The second kappa shape index (κ2) is 8.38. The monoisotopic (exact) mass is 426 g/mol. The largest absolute Gasteiger partial charge is 0.465 e. The van der Waals surface area contributed by atoms with Crippen LogP contribution in [0.15, 0.2) is 40.6 Å². The fraction of sp³-hybridized carbons (Fsp3) is 0.333. The first-order valence-corrected chi connectivity index (χ1v) is 10.9. The van der Waals surface area contributed by atoms with Gasteiger partial charge in [0.05, 0.1) is 23.5 Å². The van der Waals surface area contributed by atoms with E-state index >= 15 is 0 Å². The van der Waals surface area contributed by atoms with Gasteiger partial charge in [0, 0.05) is 13.1 Å². The average molecular weight is 426 g/mol. The van der Waals surface area contributed by atoms with E-state index < -0.39 is 27.7 Å². The molecule has 1 unspecified atom stereocenters. The highest BCUT2D eigenvalue weighted by molar-refractivity contribution is 7.89.